The van der Waals surface area contributed by atoms with E-state index in [2.05, 4.69) is 10.4 Å². The van der Waals surface area contributed by atoms with Crippen LogP contribution in [0.15, 0.2) is 41.9 Å². The van der Waals surface area contributed by atoms with Gasteiger partial charge in [-0.3, -0.25) is 10.00 Å². The summed E-state index contributed by atoms with van der Waals surface area (Å²) < 4.78 is 12.7. The molecule has 7 nitrogen and oxygen atoms in total. The highest BCUT2D eigenvalue weighted by Crippen LogP contribution is 2.32. The van der Waals surface area contributed by atoms with E-state index < -0.39 is 6.09 Å². The molecule has 2 aromatic heterocycles. The molecule has 0 saturated carbocycles. The summed E-state index contributed by atoms with van der Waals surface area (Å²) in [5, 5.41) is 9.40. The third-order valence-corrected chi connectivity index (χ3v) is 4.52. The Labute approximate surface area is 155 Å². The number of rotatable bonds is 6. The standard InChI is InChI=1S/C18H20N4O3S/c1-12-9-17(26-11-12)25-18(23)21-13-3-4-16(24-8-6-19)14(10-13)15-5-7-20-22(15)2/h3-5,7,9-11H,6,8,19H2,1-2H3,(H,21,23). The Hall–Kier alpha value is -2.84. The van der Waals surface area contributed by atoms with E-state index in [1.54, 1.807) is 23.0 Å². The number of amides is 1. The van der Waals surface area contributed by atoms with Crippen molar-refractivity contribution in [3.05, 3.63) is 47.5 Å². The number of hydrogen-bond acceptors (Lipinski definition) is 6. The summed E-state index contributed by atoms with van der Waals surface area (Å²) in [6.45, 7) is 2.76. The maximum Gasteiger partial charge on any atom is 0.417 e. The topological polar surface area (TPSA) is 91.4 Å². The second-order valence-electron chi connectivity index (χ2n) is 5.65. The molecule has 3 N–H and O–H groups in total. The van der Waals surface area contributed by atoms with E-state index in [9.17, 15) is 4.79 Å². The molecular weight excluding hydrogens is 352 g/mol. The lowest BCUT2D eigenvalue weighted by molar-refractivity contribution is 0.216. The first-order chi connectivity index (χ1) is 12.6. The average Bonchev–Trinajstić information content (AvgIpc) is 3.21. The van der Waals surface area contributed by atoms with Gasteiger partial charge in [0, 0.05) is 31.0 Å². The van der Waals surface area contributed by atoms with E-state index in [0.717, 1.165) is 16.8 Å². The number of carbonyl (C=O) groups excluding carboxylic acids is 1. The zero-order valence-corrected chi connectivity index (χ0v) is 15.4. The van der Waals surface area contributed by atoms with E-state index in [0.29, 0.717) is 29.7 Å². The monoisotopic (exact) mass is 372 g/mol. The minimum Gasteiger partial charge on any atom is -0.492 e. The molecular formula is C18H20N4O3S. The summed E-state index contributed by atoms with van der Waals surface area (Å²) in [6.07, 6.45) is 1.16. The summed E-state index contributed by atoms with van der Waals surface area (Å²) in [6, 6.07) is 9.07. The molecule has 0 aliphatic heterocycles. The van der Waals surface area contributed by atoms with Crippen molar-refractivity contribution in [3.63, 3.8) is 0 Å². The first kappa shape index (κ1) is 18.0. The molecule has 0 aliphatic rings. The highest BCUT2D eigenvalue weighted by atomic mass is 32.1. The van der Waals surface area contributed by atoms with Crippen LogP contribution in [0, 0.1) is 6.92 Å². The Balaban J connectivity index is 1.81. The number of nitrogens with one attached hydrogen (secondary N) is 1. The molecule has 0 radical (unpaired) electrons. The summed E-state index contributed by atoms with van der Waals surface area (Å²) in [7, 11) is 1.84. The van der Waals surface area contributed by atoms with E-state index in [4.69, 9.17) is 15.2 Å². The van der Waals surface area contributed by atoms with Crippen molar-refractivity contribution in [1.82, 2.24) is 9.78 Å². The SMILES string of the molecule is Cc1csc(OC(=O)Nc2ccc(OCCN)c(-c3ccnn3C)c2)c1. The molecule has 1 aromatic carbocycles. The summed E-state index contributed by atoms with van der Waals surface area (Å²) in [5.41, 5.74) is 8.85. The van der Waals surface area contributed by atoms with Crippen LogP contribution in [0.3, 0.4) is 0 Å². The van der Waals surface area contributed by atoms with Crippen molar-refractivity contribution in [2.75, 3.05) is 18.5 Å². The molecule has 0 atom stereocenters. The molecule has 3 rings (SSSR count). The van der Waals surface area contributed by atoms with Crippen LogP contribution in [-0.2, 0) is 7.05 Å². The van der Waals surface area contributed by atoms with Gasteiger partial charge in [-0.05, 0) is 48.2 Å². The maximum absolute atomic E-state index is 12.1. The molecule has 0 saturated heterocycles. The van der Waals surface area contributed by atoms with Crippen molar-refractivity contribution in [2.24, 2.45) is 12.8 Å². The second-order valence-corrected chi connectivity index (χ2v) is 6.52. The predicted molar refractivity (Wildman–Crippen MR) is 102 cm³/mol. The van der Waals surface area contributed by atoms with Crippen molar-refractivity contribution >= 4 is 23.1 Å². The first-order valence-corrected chi connectivity index (χ1v) is 8.94. The van der Waals surface area contributed by atoms with Gasteiger partial charge in [-0.15, -0.1) is 11.3 Å². The van der Waals surface area contributed by atoms with Gasteiger partial charge in [0.25, 0.3) is 0 Å². The molecule has 0 spiro atoms. The molecule has 136 valence electrons. The van der Waals surface area contributed by atoms with Crippen LogP contribution in [0.4, 0.5) is 10.5 Å². The molecule has 2 heterocycles. The molecule has 26 heavy (non-hydrogen) atoms. The van der Waals surface area contributed by atoms with Crippen molar-refractivity contribution in [1.29, 1.82) is 0 Å². The predicted octanol–water partition coefficient (Wildman–Crippen LogP) is 3.41. The lowest BCUT2D eigenvalue weighted by atomic mass is 10.1. The number of anilines is 1. The van der Waals surface area contributed by atoms with E-state index in [1.807, 2.05) is 37.6 Å². The Morgan fingerprint density at radius 1 is 1.35 bits per heavy atom. The molecule has 0 aliphatic carbocycles. The lowest BCUT2D eigenvalue weighted by Crippen LogP contribution is -2.16. The number of nitrogens with zero attached hydrogens (tertiary/aromatic N) is 2. The second kappa shape index (κ2) is 8.03. The van der Waals surface area contributed by atoms with Gasteiger partial charge in [-0.2, -0.15) is 5.10 Å². The fraction of sp³-hybridized carbons (Fsp3) is 0.222. The number of aryl methyl sites for hydroxylation is 2. The number of nitrogens with two attached hydrogens (primary N) is 1. The average molecular weight is 372 g/mol. The molecule has 0 fully saturated rings. The molecule has 3 aromatic rings. The van der Waals surface area contributed by atoms with Gasteiger partial charge >= 0.3 is 6.09 Å². The number of aromatic nitrogens is 2. The highest BCUT2D eigenvalue weighted by molar-refractivity contribution is 7.12. The number of hydrogen-bond donors (Lipinski definition) is 2. The largest absolute Gasteiger partial charge is 0.492 e. The summed E-state index contributed by atoms with van der Waals surface area (Å²) in [4.78, 5) is 12.1. The van der Waals surface area contributed by atoms with Gasteiger partial charge in [0.1, 0.15) is 12.4 Å². The first-order valence-electron chi connectivity index (χ1n) is 8.06. The van der Waals surface area contributed by atoms with Gasteiger partial charge in [0.2, 0.25) is 0 Å². The Kier molecular flexibility index (Phi) is 5.55. The smallest absolute Gasteiger partial charge is 0.417 e. The Morgan fingerprint density at radius 3 is 2.85 bits per heavy atom. The molecule has 0 bridgehead atoms. The van der Waals surface area contributed by atoms with Crippen molar-refractivity contribution in [3.8, 4) is 22.1 Å². The zero-order valence-electron chi connectivity index (χ0n) is 14.6. The Morgan fingerprint density at radius 2 is 2.19 bits per heavy atom. The van der Waals surface area contributed by atoms with Crippen LogP contribution in [0.2, 0.25) is 0 Å². The minimum atomic E-state index is -0.543. The van der Waals surface area contributed by atoms with E-state index >= 15 is 0 Å². The zero-order chi connectivity index (χ0) is 18.5. The van der Waals surface area contributed by atoms with Crippen LogP contribution in [0.25, 0.3) is 11.3 Å². The number of benzene rings is 1. The summed E-state index contributed by atoms with van der Waals surface area (Å²) >= 11 is 1.38. The quantitative estimate of drug-likeness (QED) is 0.692. The van der Waals surface area contributed by atoms with Crippen molar-refractivity contribution in [2.45, 2.75) is 6.92 Å². The van der Waals surface area contributed by atoms with Crippen molar-refractivity contribution < 1.29 is 14.3 Å². The molecule has 1 amide bonds. The molecule has 0 unspecified atom stereocenters. The van der Waals surface area contributed by atoms with Gasteiger partial charge in [-0.1, -0.05) is 0 Å². The maximum atomic E-state index is 12.1. The fourth-order valence-electron chi connectivity index (χ4n) is 2.43. The van der Waals surface area contributed by atoms with Crippen LogP contribution in [-0.4, -0.2) is 29.0 Å². The lowest BCUT2D eigenvalue weighted by Gasteiger charge is -2.13. The van der Waals surface area contributed by atoms with E-state index in [-0.39, 0.29) is 0 Å². The third kappa shape index (κ3) is 4.22. The van der Waals surface area contributed by atoms with Crippen LogP contribution >= 0.6 is 11.3 Å². The molecule has 8 heteroatoms. The number of thiophene rings is 1. The van der Waals surface area contributed by atoms with E-state index in [1.165, 1.54) is 11.3 Å². The van der Waals surface area contributed by atoms with Gasteiger partial charge in [-0.25, -0.2) is 4.79 Å². The highest BCUT2D eigenvalue weighted by Gasteiger charge is 2.13. The Bertz CT molecular complexity index is 903. The summed E-state index contributed by atoms with van der Waals surface area (Å²) in [5.74, 6) is 0.673. The number of ether oxygens (including phenoxy) is 2. The van der Waals surface area contributed by atoms with Crippen LogP contribution < -0.4 is 20.5 Å². The number of carbonyl (C=O) groups is 1. The van der Waals surface area contributed by atoms with Gasteiger partial charge < -0.3 is 15.2 Å². The van der Waals surface area contributed by atoms with Gasteiger partial charge in [0.05, 0.1) is 5.69 Å². The van der Waals surface area contributed by atoms with Gasteiger partial charge in [0.15, 0.2) is 5.06 Å². The normalized spacial score (nSPS) is 10.6. The third-order valence-electron chi connectivity index (χ3n) is 3.60. The fourth-order valence-corrected chi connectivity index (χ4v) is 3.18. The minimum absolute atomic E-state index is 0.400. The van der Waals surface area contributed by atoms with Crippen LogP contribution in [0.5, 0.6) is 10.8 Å². The van der Waals surface area contributed by atoms with Crippen LogP contribution in [0.1, 0.15) is 5.56 Å².